The number of likely N-dealkylation sites (tertiary alicyclic amines) is 1. The van der Waals surface area contributed by atoms with Crippen molar-refractivity contribution in [2.75, 3.05) is 6.54 Å². The molecule has 1 aliphatic heterocycles. The Labute approximate surface area is 147 Å². The number of carboxylic acids is 1. The molecule has 0 bridgehead atoms. The third kappa shape index (κ3) is 4.95. The van der Waals surface area contributed by atoms with Crippen molar-refractivity contribution >= 4 is 18.0 Å². The van der Waals surface area contributed by atoms with Crippen LogP contribution in [-0.2, 0) is 20.9 Å². The molecule has 0 aromatic heterocycles. The number of nitrogens with one attached hydrogen (secondary N) is 1. The molecule has 2 amide bonds. The molecule has 2 N–H and O–H groups in total. The van der Waals surface area contributed by atoms with Crippen LogP contribution in [0, 0.1) is 5.92 Å². The van der Waals surface area contributed by atoms with Gasteiger partial charge in [0.1, 0.15) is 18.7 Å². The summed E-state index contributed by atoms with van der Waals surface area (Å²) in [6, 6.07) is 7.58. The topological polar surface area (TPSA) is 95.9 Å². The van der Waals surface area contributed by atoms with Crippen molar-refractivity contribution < 1.29 is 24.2 Å². The fourth-order valence-corrected chi connectivity index (χ4v) is 2.87. The predicted molar refractivity (Wildman–Crippen MR) is 90.8 cm³/mol. The molecule has 1 aromatic carbocycles. The molecule has 2 atom stereocenters. The standard InChI is InChI=1S/C18H24N2O5/c1-12(2)15(16(21)20-10-6-9-14(20)17(22)23)19-18(24)25-11-13-7-4-3-5-8-13/h3-5,7-8,12,14-15H,6,9-11H2,1-2H3,(H,19,24)(H,22,23)/t14-,15-/m1/s1. The molecular formula is C18H24N2O5. The average Bonchev–Trinajstić information content (AvgIpc) is 3.08. The number of aliphatic carboxylic acids is 1. The van der Waals surface area contributed by atoms with Crippen LogP contribution in [0.25, 0.3) is 0 Å². The minimum atomic E-state index is -1.01. The number of hydrogen-bond acceptors (Lipinski definition) is 4. The summed E-state index contributed by atoms with van der Waals surface area (Å²) in [6.45, 7) is 4.09. The van der Waals surface area contributed by atoms with Gasteiger partial charge < -0.3 is 20.1 Å². The van der Waals surface area contributed by atoms with Crippen molar-refractivity contribution in [3.05, 3.63) is 35.9 Å². The van der Waals surface area contributed by atoms with E-state index in [4.69, 9.17) is 4.74 Å². The van der Waals surface area contributed by atoms with E-state index in [9.17, 15) is 19.5 Å². The maximum atomic E-state index is 12.7. The lowest BCUT2D eigenvalue weighted by atomic mass is 10.0. The number of carboxylic acid groups (broad SMARTS) is 1. The van der Waals surface area contributed by atoms with Crippen LogP contribution >= 0.6 is 0 Å². The Morgan fingerprint density at radius 1 is 1.28 bits per heavy atom. The van der Waals surface area contributed by atoms with Crippen molar-refractivity contribution in [2.45, 2.75) is 45.4 Å². The molecule has 0 aliphatic carbocycles. The first kappa shape index (κ1) is 18.8. The van der Waals surface area contributed by atoms with Gasteiger partial charge in [0, 0.05) is 6.54 Å². The van der Waals surface area contributed by atoms with Gasteiger partial charge in [-0.05, 0) is 24.3 Å². The molecule has 7 nitrogen and oxygen atoms in total. The van der Waals surface area contributed by atoms with Gasteiger partial charge >= 0.3 is 12.1 Å². The smallest absolute Gasteiger partial charge is 0.408 e. The second-order valence-electron chi connectivity index (χ2n) is 6.46. The number of nitrogens with zero attached hydrogens (tertiary/aromatic N) is 1. The van der Waals surface area contributed by atoms with Crippen molar-refractivity contribution in [3.8, 4) is 0 Å². The van der Waals surface area contributed by atoms with Gasteiger partial charge in [0.2, 0.25) is 5.91 Å². The van der Waals surface area contributed by atoms with E-state index in [0.29, 0.717) is 19.4 Å². The van der Waals surface area contributed by atoms with E-state index in [2.05, 4.69) is 5.32 Å². The highest BCUT2D eigenvalue weighted by molar-refractivity contribution is 5.90. The number of carbonyl (C=O) groups is 3. The summed E-state index contributed by atoms with van der Waals surface area (Å²) in [4.78, 5) is 37.4. The van der Waals surface area contributed by atoms with Gasteiger partial charge in [-0.3, -0.25) is 4.79 Å². The summed E-state index contributed by atoms with van der Waals surface area (Å²) in [7, 11) is 0. The van der Waals surface area contributed by atoms with Crippen LogP contribution in [0.4, 0.5) is 4.79 Å². The fourth-order valence-electron chi connectivity index (χ4n) is 2.87. The molecule has 0 unspecified atom stereocenters. The first-order valence-electron chi connectivity index (χ1n) is 8.40. The minimum Gasteiger partial charge on any atom is -0.480 e. The Hall–Kier alpha value is -2.57. The number of ether oxygens (including phenoxy) is 1. The molecule has 7 heteroatoms. The molecule has 0 radical (unpaired) electrons. The average molecular weight is 348 g/mol. The largest absolute Gasteiger partial charge is 0.480 e. The summed E-state index contributed by atoms with van der Waals surface area (Å²) in [5, 5.41) is 11.8. The lowest BCUT2D eigenvalue weighted by Crippen LogP contribution is -2.53. The maximum absolute atomic E-state index is 12.7. The third-order valence-corrected chi connectivity index (χ3v) is 4.24. The SMILES string of the molecule is CC(C)[C@@H](NC(=O)OCc1ccccc1)C(=O)N1CCC[C@@H]1C(=O)O. The number of carbonyl (C=O) groups excluding carboxylic acids is 2. The van der Waals surface area contributed by atoms with E-state index < -0.39 is 24.1 Å². The summed E-state index contributed by atoms with van der Waals surface area (Å²) < 4.78 is 5.16. The van der Waals surface area contributed by atoms with Gasteiger partial charge in [-0.15, -0.1) is 0 Å². The summed E-state index contributed by atoms with van der Waals surface area (Å²) >= 11 is 0. The van der Waals surface area contributed by atoms with E-state index in [1.165, 1.54) is 4.90 Å². The lowest BCUT2D eigenvalue weighted by Gasteiger charge is -2.29. The van der Waals surface area contributed by atoms with Gasteiger partial charge in [0.25, 0.3) is 0 Å². The van der Waals surface area contributed by atoms with Crippen LogP contribution in [0.1, 0.15) is 32.3 Å². The molecule has 25 heavy (non-hydrogen) atoms. The second-order valence-corrected chi connectivity index (χ2v) is 6.46. The zero-order valence-corrected chi connectivity index (χ0v) is 14.5. The first-order valence-corrected chi connectivity index (χ1v) is 8.40. The highest BCUT2D eigenvalue weighted by atomic mass is 16.5. The van der Waals surface area contributed by atoms with Gasteiger partial charge in [-0.2, -0.15) is 0 Å². The normalized spacial score (nSPS) is 18.0. The van der Waals surface area contributed by atoms with Crippen molar-refractivity contribution in [3.63, 3.8) is 0 Å². The number of rotatable bonds is 6. The zero-order chi connectivity index (χ0) is 18.4. The highest BCUT2D eigenvalue weighted by Crippen LogP contribution is 2.20. The van der Waals surface area contributed by atoms with Gasteiger partial charge in [0.05, 0.1) is 0 Å². The van der Waals surface area contributed by atoms with E-state index in [0.717, 1.165) is 5.56 Å². The predicted octanol–water partition coefficient (Wildman–Crippen LogP) is 2.01. The Kier molecular flexibility index (Phi) is 6.38. The second kappa shape index (κ2) is 8.50. The van der Waals surface area contributed by atoms with E-state index in [-0.39, 0.29) is 18.4 Å². The third-order valence-electron chi connectivity index (χ3n) is 4.24. The molecule has 2 rings (SSSR count). The van der Waals surface area contributed by atoms with Crippen LogP contribution in [0.5, 0.6) is 0 Å². The van der Waals surface area contributed by atoms with Crippen LogP contribution < -0.4 is 5.32 Å². The van der Waals surface area contributed by atoms with Gasteiger partial charge in [-0.1, -0.05) is 44.2 Å². The summed E-state index contributed by atoms with van der Waals surface area (Å²) in [5.74, 6) is -1.58. The van der Waals surface area contributed by atoms with Crippen LogP contribution in [-0.4, -0.2) is 46.6 Å². The molecule has 0 spiro atoms. The Bertz CT molecular complexity index is 617. The lowest BCUT2D eigenvalue weighted by molar-refractivity contribution is -0.149. The van der Waals surface area contributed by atoms with E-state index in [1.54, 1.807) is 13.8 Å². The Balaban J connectivity index is 1.96. The minimum absolute atomic E-state index is 0.104. The molecular weight excluding hydrogens is 324 g/mol. The maximum Gasteiger partial charge on any atom is 0.408 e. The summed E-state index contributed by atoms with van der Waals surface area (Å²) in [6.07, 6.45) is 0.387. The Morgan fingerprint density at radius 2 is 1.96 bits per heavy atom. The van der Waals surface area contributed by atoms with E-state index in [1.807, 2.05) is 30.3 Å². The van der Waals surface area contributed by atoms with Gasteiger partial charge in [-0.25, -0.2) is 9.59 Å². The molecule has 1 fully saturated rings. The highest BCUT2D eigenvalue weighted by Gasteiger charge is 2.38. The fraction of sp³-hybridized carbons (Fsp3) is 0.500. The molecule has 0 saturated carbocycles. The van der Waals surface area contributed by atoms with Crippen molar-refractivity contribution in [2.24, 2.45) is 5.92 Å². The van der Waals surface area contributed by atoms with E-state index >= 15 is 0 Å². The summed E-state index contributed by atoms with van der Waals surface area (Å²) in [5.41, 5.74) is 0.843. The molecule has 1 aromatic rings. The molecule has 1 aliphatic rings. The van der Waals surface area contributed by atoms with Crippen LogP contribution in [0.3, 0.4) is 0 Å². The number of amides is 2. The zero-order valence-electron chi connectivity index (χ0n) is 14.5. The van der Waals surface area contributed by atoms with Crippen LogP contribution in [0.15, 0.2) is 30.3 Å². The van der Waals surface area contributed by atoms with Crippen LogP contribution in [0.2, 0.25) is 0 Å². The number of benzene rings is 1. The monoisotopic (exact) mass is 348 g/mol. The van der Waals surface area contributed by atoms with Gasteiger partial charge in [0.15, 0.2) is 0 Å². The quantitative estimate of drug-likeness (QED) is 0.820. The molecule has 136 valence electrons. The van der Waals surface area contributed by atoms with Crippen molar-refractivity contribution in [1.29, 1.82) is 0 Å². The van der Waals surface area contributed by atoms with Crippen molar-refractivity contribution in [1.82, 2.24) is 10.2 Å². The number of alkyl carbamates (subject to hydrolysis) is 1. The Morgan fingerprint density at radius 3 is 2.56 bits per heavy atom. The molecule has 1 heterocycles. The first-order chi connectivity index (χ1) is 11.9. The molecule has 1 saturated heterocycles. The number of hydrogen-bond donors (Lipinski definition) is 2.